The average Bonchev–Trinajstić information content (AvgIpc) is 2.36. The van der Waals surface area contributed by atoms with Crippen LogP contribution >= 0.6 is 0 Å². The van der Waals surface area contributed by atoms with E-state index in [1.807, 2.05) is 13.0 Å². The van der Waals surface area contributed by atoms with Crippen LogP contribution in [0.15, 0.2) is 36.4 Å². The summed E-state index contributed by atoms with van der Waals surface area (Å²) in [6.45, 7) is 3.58. The van der Waals surface area contributed by atoms with E-state index in [-0.39, 0.29) is 11.7 Å². The third kappa shape index (κ3) is 2.91. The molecule has 0 heterocycles. The van der Waals surface area contributed by atoms with Gasteiger partial charge in [0.2, 0.25) is 0 Å². The van der Waals surface area contributed by atoms with Crippen molar-refractivity contribution >= 4 is 5.84 Å². The Hall–Kier alpha value is -2.36. The van der Waals surface area contributed by atoms with E-state index in [4.69, 9.17) is 15.9 Å². The van der Waals surface area contributed by atoms with Gasteiger partial charge in [-0.3, -0.25) is 5.41 Å². The van der Waals surface area contributed by atoms with Crippen molar-refractivity contribution < 1.29 is 9.13 Å². The van der Waals surface area contributed by atoms with E-state index in [9.17, 15) is 4.39 Å². The number of halogens is 1. The minimum absolute atomic E-state index is 0.0578. The lowest BCUT2D eigenvalue weighted by molar-refractivity contribution is 0.478. The topological polar surface area (TPSA) is 59.1 Å². The van der Waals surface area contributed by atoms with E-state index in [1.165, 1.54) is 6.07 Å². The molecule has 2 aromatic rings. The molecule has 98 valence electrons. The van der Waals surface area contributed by atoms with Gasteiger partial charge in [0.25, 0.3) is 0 Å². The summed E-state index contributed by atoms with van der Waals surface area (Å²) in [6.07, 6.45) is 0. The highest BCUT2D eigenvalue weighted by atomic mass is 19.1. The number of nitrogens with two attached hydrogens (primary N) is 1. The molecular formula is C15H15FN2O. The smallest absolute Gasteiger partial charge is 0.138 e. The van der Waals surface area contributed by atoms with E-state index < -0.39 is 0 Å². The fourth-order valence-electron chi connectivity index (χ4n) is 1.75. The predicted octanol–water partition coefficient (Wildman–Crippen LogP) is 3.52. The lowest BCUT2D eigenvalue weighted by Gasteiger charge is -2.11. The van der Waals surface area contributed by atoms with Crippen LogP contribution in [0.5, 0.6) is 11.5 Å². The Morgan fingerprint density at radius 2 is 1.89 bits per heavy atom. The summed E-state index contributed by atoms with van der Waals surface area (Å²) in [5, 5.41) is 7.55. The van der Waals surface area contributed by atoms with E-state index in [0.29, 0.717) is 22.6 Å². The Morgan fingerprint density at radius 3 is 2.53 bits per heavy atom. The third-order valence-corrected chi connectivity index (χ3v) is 2.78. The van der Waals surface area contributed by atoms with Crippen molar-refractivity contribution in [2.75, 3.05) is 0 Å². The average molecular weight is 258 g/mol. The maximum absolute atomic E-state index is 13.2. The number of hydrogen-bond donors (Lipinski definition) is 2. The SMILES string of the molecule is Cc1ccc(Oc2ccc(F)c(C)c2)c(C(=N)N)c1. The van der Waals surface area contributed by atoms with Crippen molar-refractivity contribution in [3.05, 3.63) is 58.9 Å². The molecule has 0 unspecified atom stereocenters. The largest absolute Gasteiger partial charge is 0.457 e. The zero-order valence-electron chi connectivity index (χ0n) is 10.8. The molecule has 0 aliphatic heterocycles. The highest BCUT2D eigenvalue weighted by Gasteiger charge is 2.09. The molecule has 19 heavy (non-hydrogen) atoms. The molecule has 0 bridgehead atoms. The van der Waals surface area contributed by atoms with Gasteiger partial charge >= 0.3 is 0 Å². The van der Waals surface area contributed by atoms with Crippen LogP contribution in [0.3, 0.4) is 0 Å². The van der Waals surface area contributed by atoms with Gasteiger partial charge in [-0.2, -0.15) is 0 Å². The second kappa shape index (κ2) is 5.10. The van der Waals surface area contributed by atoms with Crippen molar-refractivity contribution in [3.8, 4) is 11.5 Å². The summed E-state index contributed by atoms with van der Waals surface area (Å²) in [6, 6.07) is 9.93. The Kier molecular flexibility index (Phi) is 3.51. The van der Waals surface area contributed by atoms with Crippen molar-refractivity contribution in [1.29, 1.82) is 5.41 Å². The first kappa shape index (κ1) is 13.1. The fraction of sp³-hybridized carbons (Fsp3) is 0.133. The zero-order chi connectivity index (χ0) is 14.0. The van der Waals surface area contributed by atoms with Crippen LogP contribution in [-0.2, 0) is 0 Å². The monoisotopic (exact) mass is 258 g/mol. The van der Waals surface area contributed by atoms with E-state index in [2.05, 4.69) is 0 Å². The maximum Gasteiger partial charge on any atom is 0.138 e. The summed E-state index contributed by atoms with van der Waals surface area (Å²) in [5.74, 6) is 0.676. The van der Waals surface area contributed by atoms with E-state index in [1.54, 1.807) is 31.2 Å². The van der Waals surface area contributed by atoms with Crippen LogP contribution in [0.2, 0.25) is 0 Å². The summed E-state index contributed by atoms with van der Waals surface area (Å²) in [5.41, 5.74) is 7.57. The third-order valence-electron chi connectivity index (χ3n) is 2.78. The molecule has 0 saturated carbocycles. The molecule has 0 spiro atoms. The summed E-state index contributed by atoms with van der Waals surface area (Å²) < 4.78 is 18.9. The number of benzene rings is 2. The van der Waals surface area contributed by atoms with Gasteiger partial charge in [0.05, 0.1) is 5.56 Å². The normalized spacial score (nSPS) is 10.3. The highest BCUT2D eigenvalue weighted by Crippen LogP contribution is 2.27. The van der Waals surface area contributed by atoms with Gasteiger partial charge in [-0.15, -0.1) is 0 Å². The molecule has 0 amide bonds. The molecule has 0 aliphatic carbocycles. The zero-order valence-corrected chi connectivity index (χ0v) is 10.8. The molecule has 0 aliphatic rings. The van der Waals surface area contributed by atoms with Crippen LogP contribution in [0, 0.1) is 25.1 Å². The molecule has 3 N–H and O–H groups in total. The number of nitrogens with one attached hydrogen (secondary N) is 1. The van der Waals surface area contributed by atoms with E-state index in [0.717, 1.165) is 5.56 Å². The Morgan fingerprint density at radius 1 is 1.16 bits per heavy atom. The van der Waals surface area contributed by atoms with Crippen LogP contribution < -0.4 is 10.5 Å². The number of rotatable bonds is 3. The molecule has 0 atom stereocenters. The molecule has 4 heteroatoms. The van der Waals surface area contributed by atoms with Crippen molar-refractivity contribution in [2.45, 2.75) is 13.8 Å². The first-order valence-corrected chi connectivity index (χ1v) is 5.86. The van der Waals surface area contributed by atoms with Gasteiger partial charge in [0.1, 0.15) is 23.2 Å². The number of ether oxygens (including phenoxy) is 1. The van der Waals surface area contributed by atoms with Crippen LogP contribution in [-0.4, -0.2) is 5.84 Å². The molecule has 0 radical (unpaired) electrons. The summed E-state index contributed by atoms with van der Waals surface area (Å²) in [4.78, 5) is 0. The van der Waals surface area contributed by atoms with Crippen LogP contribution in [0.25, 0.3) is 0 Å². The maximum atomic E-state index is 13.2. The first-order chi connectivity index (χ1) is 8.97. The lowest BCUT2D eigenvalue weighted by Crippen LogP contribution is -2.12. The molecule has 2 aromatic carbocycles. The molecule has 0 fully saturated rings. The van der Waals surface area contributed by atoms with E-state index >= 15 is 0 Å². The Bertz CT molecular complexity index is 638. The van der Waals surface area contributed by atoms with Gasteiger partial charge in [0, 0.05) is 0 Å². The van der Waals surface area contributed by atoms with Crippen molar-refractivity contribution in [1.82, 2.24) is 0 Å². The predicted molar refractivity (Wildman–Crippen MR) is 73.4 cm³/mol. The second-order valence-corrected chi connectivity index (χ2v) is 4.43. The molecule has 0 aromatic heterocycles. The standard InChI is InChI=1S/C15H15FN2O/c1-9-3-6-14(12(7-9)15(17)18)19-11-4-5-13(16)10(2)8-11/h3-8H,1-2H3,(H3,17,18). The fourth-order valence-corrected chi connectivity index (χ4v) is 1.75. The minimum atomic E-state index is -0.275. The summed E-state index contributed by atoms with van der Waals surface area (Å²) >= 11 is 0. The Balaban J connectivity index is 2.37. The van der Waals surface area contributed by atoms with Gasteiger partial charge < -0.3 is 10.5 Å². The quantitative estimate of drug-likeness (QED) is 0.653. The number of nitrogen functional groups attached to an aromatic ring is 1. The highest BCUT2D eigenvalue weighted by molar-refractivity contribution is 5.97. The molecule has 3 nitrogen and oxygen atoms in total. The minimum Gasteiger partial charge on any atom is -0.457 e. The van der Waals surface area contributed by atoms with Gasteiger partial charge in [-0.05, 0) is 49.7 Å². The van der Waals surface area contributed by atoms with Crippen LogP contribution in [0.4, 0.5) is 4.39 Å². The number of amidine groups is 1. The number of hydrogen-bond acceptors (Lipinski definition) is 2. The molecular weight excluding hydrogens is 243 g/mol. The Labute approximate surface area is 111 Å². The van der Waals surface area contributed by atoms with Crippen LogP contribution in [0.1, 0.15) is 16.7 Å². The van der Waals surface area contributed by atoms with Gasteiger partial charge in [0.15, 0.2) is 0 Å². The molecule has 2 rings (SSSR count). The lowest BCUT2D eigenvalue weighted by atomic mass is 10.1. The first-order valence-electron chi connectivity index (χ1n) is 5.86. The van der Waals surface area contributed by atoms with Crippen molar-refractivity contribution in [2.24, 2.45) is 5.73 Å². The molecule has 0 saturated heterocycles. The second-order valence-electron chi connectivity index (χ2n) is 4.43. The van der Waals surface area contributed by atoms with Crippen molar-refractivity contribution in [3.63, 3.8) is 0 Å². The number of aryl methyl sites for hydroxylation is 2. The van der Waals surface area contributed by atoms with Gasteiger partial charge in [-0.1, -0.05) is 11.6 Å². The summed E-state index contributed by atoms with van der Waals surface area (Å²) in [7, 11) is 0. The van der Waals surface area contributed by atoms with Gasteiger partial charge in [-0.25, -0.2) is 4.39 Å².